The third-order valence-corrected chi connectivity index (χ3v) is 4.61. The number of rotatable bonds is 4. The summed E-state index contributed by atoms with van der Waals surface area (Å²) in [6, 6.07) is -0.157. The molecule has 9 nitrogen and oxygen atoms in total. The Morgan fingerprint density at radius 1 is 1.23 bits per heavy atom. The average Bonchev–Trinajstić information content (AvgIpc) is 3.13. The topological polar surface area (TPSA) is 90.2 Å². The molecule has 1 aliphatic heterocycles. The van der Waals surface area contributed by atoms with Crippen molar-refractivity contribution in [3.8, 4) is 17.2 Å². The van der Waals surface area contributed by atoms with Gasteiger partial charge < -0.3 is 24.3 Å². The van der Waals surface area contributed by atoms with E-state index in [1.54, 1.807) is 23.2 Å². The molecule has 158 valence electrons. The van der Waals surface area contributed by atoms with Gasteiger partial charge in [0.05, 0.1) is 31.5 Å². The van der Waals surface area contributed by atoms with E-state index in [0.29, 0.717) is 17.3 Å². The smallest absolute Gasteiger partial charge is 0.412 e. The summed E-state index contributed by atoms with van der Waals surface area (Å²) in [4.78, 5) is 17.8. The summed E-state index contributed by atoms with van der Waals surface area (Å²) in [6.07, 6.45) is 1.93. The van der Waals surface area contributed by atoms with Crippen LogP contribution in [0.25, 0.3) is 5.69 Å². The molecule has 30 heavy (non-hydrogen) atoms. The van der Waals surface area contributed by atoms with Crippen molar-refractivity contribution in [2.45, 2.75) is 19.1 Å². The van der Waals surface area contributed by atoms with Crippen LogP contribution < -0.4 is 19.7 Å². The van der Waals surface area contributed by atoms with Crippen LogP contribution in [0.4, 0.5) is 30.8 Å². The van der Waals surface area contributed by atoms with Crippen molar-refractivity contribution in [3.63, 3.8) is 0 Å². The third-order valence-electron chi connectivity index (χ3n) is 4.61. The Kier molecular flexibility index (Phi) is 4.84. The van der Waals surface area contributed by atoms with Gasteiger partial charge in [-0.3, -0.25) is 0 Å². The second kappa shape index (κ2) is 7.35. The number of fused-ring (bicyclic) bond motifs is 1. The molecule has 1 N–H and O–H groups in total. The Balaban J connectivity index is 1.60. The van der Waals surface area contributed by atoms with Gasteiger partial charge in [0, 0.05) is 19.3 Å². The lowest BCUT2D eigenvalue weighted by molar-refractivity contribution is -0.155. The lowest BCUT2D eigenvalue weighted by Gasteiger charge is -2.35. The molecule has 3 aromatic rings. The molecule has 0 fully saturated rings. The number of likely N-dealkylation sites (N-methyl/N-ethyl adjacent to an activating group) is 1. The lowest BCUT2D eigenvalue weighted by Crippen LogP contribution is -2.50. The normalized spacial score (nSPS) is 16.1. The number of alkyl halides is 3. The van der Waals surface area contributed by atoms with E-state index in [1.807, 2.05) is 13.1 Å². The summed E-state index contributed by atoms with van der Waals surface area (Å²) in [5.74, 6) is 1.17. The fourth-order valence-corrected chi connectivity index (χ4v) is 3.04. The van der Waals surface area contributed by atoms with E-state index in [4.69, 9.17) is 9.47 Å². The van der Waals surface area contributed by atoms with Gasteiger partial charge in [0.15, 0.2) is 17.6 Å². The first-order chi connectivity index (χ1) is 14.3. The molecule has 0 aromatic carbocycles. The number of aromatic nitrogens is 5. The van der Waals surface area contributed by atoms with E-state index >= 15 is 0 Å². The molecule has 1 atom stereocenters. The Labute approximate surface area is 169 Å². The maximum Gasteiger partial charge on any atom is 0.412 e. The van der Waals surface area contributed by atoms with Gasteiger partial charge in [-0.25, -0.2) is 15.0 Å². The van der Waals surface area contributed by atoms with Crippen molar-refractivity contribution in [1.82, 2.24) is 24.5 Å². The molecule has 1 aliphatic rings. The average molecular weight is 421 g/mol. The van der Waals surface area contributed by atoms with Gasteiger partial charge in [0.25, 0.3) is 0 Å². The number of anilines is 3. The molecule has 12 heteroatoms. The van der Waals surface area contributed by atoms with E-state index in [-0.39, 0.29) is 17.5 Å². The van der Waals surface area contributed by atoms with Crippen LogP contribution in [0.3, 0.4) is 0 Å². The van der Waals surface area contributed by atoms with Crippen LogP contribution >= 0.6 is 0 Å². The van der Waals surface area contributed by atoms with E-state index in [2.05, 4.69) is 25.3 Å². The van der Waals surface area contributed by atoms with Gasteiger partial charge >= 0.3 is 6.18 Å². The summed E-state index contributed by atoms with van der Waals surface area (Å²) >= 11 is 0. The van der Waals surface area contributed by atoms with E-state index in [9.17, 15) is 13.2 Å². The maximum absolute atomic E-state index is 13.2. The zero-order chi connectivity index (χ0) is 21.5. The molecule has 0 saturated carbocycles. The van der Waals surface area contributed by atoms with Crippen molar-refractivity contribution >= 4 is 17.6 Å². The molecule has 4 rings (SSSR count). The number of methoxy groups -OCH3 is 1. The fourth-order valence-electron chi connectivity index (χ4n) is 3.04. The number of halogens is 3. The number of pyridine rings is 1. The first-order valence-electron chi connectivity index (χ1n) is 8.87. The van der Waals surface area contributed by atoms with Crippen LogP contribution in [0.1, 0.15) is 5.69 Å². The lowest BCUT2D eigenvalue weighted by atomic mass is 10.2. The maximum atomic E-state index is 13.2. The Morgan fingerprint density at radius 3 is 2.70 bits per heavy atom. The number of nitrogens with one attached hydrogen (secondary N) is 1. The largest absolute Gasteiger partial charge is 0.494 e. The van der Waals surface area contributed by atoms with Crippen LogP contribution in [-0.4, -0.2) is 57.5 Å². The first-order valence-corrected chi connectivity index (χ1v) is 8.87. The van der Waals surface area contributed by atoms with Gasteiger partial charge in [-0.1, -0.05) is 0 Å². The molecule has 0 radical (unpaired) electrons. The van der Waals surface area contributed by atoms with Crippen molar-refractivity contribution < 1.29 is 22.6 Å². The molecule has 0 spiro atoms. The second-order valence-corrected chi connectivity index (χ2v) is 6.65. The molecule has 1 unspecified atom stereocenters. The zero-order valence-electron chi connectivity index (χ0n) is 16.3. The number of imidazole rings is 1. The van der Waals surface area contributed by atoms with Gasteiger partial charge in [0.1, 0.15) is 23.9 Å². The first kappa shape index (κ1) is 19.7. The molecule has 4 heterocycles. The highest BCUT2D eigenvalue weighted by Crippen LogP contribution is 2.37. The van der Waals surface area contributed by atoms with Crippen molar-refractivity contribution in [3.05, 3.63) is 36.7 Å². The molecular weight excluding hydrogens is 403 g/mol. The highest BCUT2D eigenvalue weighted by molar-refractivity contribution is 5.61. The summed E-state index contributed by atoms with van der Waals surface area (Å²) < 4.78 is 51.9. The highest BCUT2D eigenvalue weighted by Gasteiger charge is 2.46. The van der Waals surface area contributed by atoms with Crippen molar-refractivity contribution in [2.24, 2.45) is 0 Å². The summed E-state index contributed by atoms with van der Waals surface area (Å²) in [5.41, 5.74) is 1.52. The zero-order valence-corrected chi connectivity index (χ0v) is 16.3. The van der Waals surface area contributed by atoms with Crippen LogP contribution in [0.2, 0.25) is 0 Å². The molecule has 0 bridgehead atoms. The standard InChI is InChI=1S/C18H18F3N7O2/c1-10-7-28(9-24-10)11-5-22-15(4-12(11)29-3)25-17-23-6-13-16(26-17)27(2)14(8-30-13)18(19,20)21/h4-7,9,14H,8H2,1-3H3,(H,22,23,25,26). The number of nitrogens with zero attached hydrogens (tertiary/aromatic N) is 6. The summed E-state index contributed by atoms with van der Waals surface area (Å²) in [7, 11) is 2.84. The van der Waals surface area contributed by atoms with Crippen LogP contribution in [-0.2, 0) is 0 Å². The molecule has 0 amide bonds. The highest BCUT2D eigenvalue weighted by atomic mass is 19.4. The molecule has 3 aromatic heterocycles. The van der Waals surface area contributed by atoms with Crippen LogP contribution in [0.5, 0.6) is 11.5 Å². The van der Waals surface area contributed by atoms with Gasteiger partial charge in [-0.05, 0) is 6.92 Å². The Hall–Kier alpha value is -3.57. The summed E-state index contributed by atoms with van der Waals surface area (Å²) in [5, 5.41) is 2.89. The number of hydrogen-bond donors (Lipinski definition) is 1. The van der Waals surface area contributed by atoms with E-state index in [0.717, 1.165) is 10.6 Å². The number of aryl methyl sites for hydroxylation is 1. The predicted molar refractivity (Wildman–Crippen MR) is 102 cm³/mol. The summed E-state index contributed by atoms with van der Waals surface area (Å²) in [6.45, 7) is 1.35. The minimum absolute atomic E-state index is 0.0403. The third kappa shape index (κ3) is 3.67. The molecule has 0 aliphatic carbocycles. The number of ether oxygens (including phenoxy) is 2. The van der Waals surface area contributed by atoms with Gasteiger partial charge in [-0.2, -0.15) is 18.2 Å². The SMILES string of the molecule is COc1cc(Nc2ncc3c(n2)N(C)C(C(F)(F)F)CO3)ncc1-n1cnc(C)c1. The van der Waals surface area contributed by atoms with Crippen LogP contribution in [0, 0.1) is 6.92 Å². The van der Waals surface area contributed by atoms with E-state index in [1.165, 1.54) is 20.4 Å². The monoisotopic (exact) mass is 421 g/mol. The van der Waals surface area contributed by atoms with Gasteiger partial charge in [-0.15, -0.1) is 0 Å². The Morgan fingerprint density at radius 2 is 2.03 bits per heavy atom. The fraction of sp³-hybridized carbons (Fsp3) is 0.333. The second-order valence-electron chi connectivity index (χ2n) is 6.65. The van der Waals surface area contributed by atoms with Gasteiger partial charge in [0.2, 0.25) is 5.95 Å². The number of hydrogen-bond acceptors (Lipinski definition) is 8. The van der Waals surface area contributed by atoms with Crippen molar-refractivity contribution in [1.29, 1.82) is 0 Å². The quantitative estimate of drug-likeness (QED) is 0.688. The minimum Gasteiger partial charge on any atom is -0.494 e. The molecular formula is C18H18F3N7O2. The predicted octanol–water partition coefficient (Wildman–Crippen LogP) is 2.88. The van der Waals surface area contributed by atoms with Crippen molar-refractivity contribution in [2.75, 3.05) is 31.0 Å². The Bertz CT molecular complexity index is 1070. The van der Waals surface area contributed by atoms with E-state index < -0.39 is 18.8 Å². The molecule has 0 saturated heterocycles. The minimum atomic E-state index is -4.44. The van der Waals surface area contributed by atoms with Crippen LogP contribution in [0.15, 0.2) is 31.0 Å².